The standard InChI is InChI=1S/C60H103NO8/c1-6-8-10-12-14-16-18-20-22-24-26-28-29-31-32-34-36-38-40-42-44-46-48-50-57(62)67-54-56(55-68-60(59(64)65)66-53-52-61(3,4)5)69-58(63)51-49-47-45-43-41-39-37-35-33-30-27-25-23-21-19-17-15-13-11-9-7-2/h9,11,15,17-18,20-21,23-24,26-27,30,35,37,56,60H,6-8,10,12-14,16,19,22,25,28-29,31-34,36,38-55H2,1-5H3/b11-9-,17-15-,20-18-,23-21-,26-24-,30-27-,37-35-. The van der Waals surface area contributed by atoms with Crippen LogP contribution in [0.25, 0.3) is 0 Å². The lowest BCUT2D eigenvalue weighted by molar-refractivity contribution is -0.870. The van der Waals surface area contributed by atoms with Crippen LogP contribution in [-0.4, -0.2) is 82.3 Å². The molecule has 0 aliphatic carbocycles. The molecule has 9 nitrogen and oxygen atoms in total. The van der Waals surface area contributed by atoms with Crippen molar-refractivity contribution >= 4 is 17.9 Å². The lowest BCUT2D eigenvalue weighted by Gasteiger charge is -2.26. The monoisotopic (exact) mass is 966 g/mol. The van der Waals surface area contributed by atoms with Gasteiger partial charge in [-0.3, -0.25) is 9.59 Å². The third kappa shape index (κ3) is 52.1. The Kier molecular flexibility index (Phi) is 48.2. The first kappa shape index (κ1) is 65.5. The van der Waals surface area contributed by atoms with E-state index < -0.39 is 24.3 Å². The molecule has 2 unspecified atom stereocenters. The number of hydrogen-bond donors (Lipinski definition) is 0. The van der Waals surface area contributed by atoms with E-state index in [2.05, 4.69) is 98.9 Å². The maximum Gasteiger partial charge on any atom is 0.306 e. The van der Waals surface area contributed by atoms with Gasteiger partial charge in [-0.05, 0) is 89.9 Å². The van der Waals surface area contributed by atoms with Gasteiger partial charge in [0, 0.05) is 12.8 Å². The maximum absolute atomic E-state index is 12.8. The number of esters is 2. The Labute approximate surface area is 423 Å². The van der Waals surface area contributed by atoms with Gasteiger partial charge in [0.1, 0.15) is 13.2 Å². The molecule has 0 radical (unpaired) electrons. The van der Waals surface area contributed by atoms with E-state index in [0.29, 0.717) is 17.4 Å². The van der Waals surface area contributed by atoms with E-state index in [0.717, 1.165) is 89.9 Å². The fraction of sp³-hybridized carbons (Fsp3) is 0.717. The summed E-state index contributed by atoms with van der Waals surface area (Å²) < 4.78 is 22.7. The first-order chi connectivity index (χ1) is 33.6. The zero-order valence-corrected chi connectivity index (χ0v) is 44.9. The molecule has 0 aliphatic rings. The minimum absolute atomic E-state index is 0.139. The van der Waals surface area contributed by atoms with E-state index in [1.165, 1.54) is 96.3 Å². The van der Waals surface area contributed by atoms with Gasteiger partial charge in [-0.15, -0.1) is 0 Å². The smallest absolute Gasteiger partial charge is 0.306 e. The number of rotatable bonds is 50. The van der Waals surface area contributed by atoms with Gasteiger partial charge in [0.25, 0.3) is 0 Å². The van der Waals surface area contributed by atoms with Crippen molar-refractivity contribution < 1.29 is 42.9 Å². The molecule has 0 rings (SSSR count). The number of ether oxygens (including phenoxy) is 4. The molecule has 0 heterocycles. The summed E-state index contributed by atoms with van der Waals surface area (Å²) in [6.45, 7) is 4.60. The number of likely N-dealkylation sites (N-methyl/N-ethyl adjacent to an activating group) is 1. The Hall–Kier alpha value is -3.53. The molecule has 0 aliphatic heterocycles. The zero-order chi connectivity index (χ0) is 50.6. The van der Waals surface area contributed by atoms with E-state index in [9.17, 15) is 19.5 Å². The van der Waals surface area contributed by atoms with E-state index in [1.807, 2.05) is 21.1 Å². The van der Waals surface area contributed by atoms with Gasteiger partial charge in [0.2, 0.25) is 0 Å². The van der Waals surface area contributed by atoms with E-state index in [1.54, 1.807) is 0 Å². The third-order valence-electron chi connectivity index (χ3n) is 11.6. The second-order valence-electron chi connectivity index (χ2n) is 19.5. The van der Waals surface area contributed by atoms with Crippen molar-refractivity contribution in [1.82, 2.24) is 0 Å². The van der Waals surface area contributed by atoms with Crippen LogP contribution in [0.15, 0.2) is 85.1 Å². The van der Waals surface area contributed by atoms with Crippen LogP contribution in [0, 0.1) is 0 Å². The molecule has 0 amide bonds. The van der Waals surface area contributed by atoms with Crippen molar-refractivity contribution in [3.05, 3.63) is 85.1 Å². The molecule has 0 N–H and O–H groups in total. The molecule has 0 aromatic carbocycles. The molecule has 0 aromatic heterocycles. The summed E-state index contributed by atoms with van der Waals surface area (Å²) in [5.74, 6) is -2.32. The summed E-state index contributed by atoms with van der Waals surface area (Å²) in [4.78, 5) is 37.2. The highest BCUT2D eigenvalue weighted by molar-refractivity contribution is 5.70. The highest BCUT2D eigenvalue weighted by atomic mass is 16.7. The molecule has 0 spiro atoms. The summed E-state index contributed by atoms with van der Waals surface area (Å²) in [5.41, 5.74) is 0. The Morgan fingerprint density at radius 3 is 1.23 bits per heavy atom. The predicted molar refractivity (Wildman–Crippen MR) is 288 cm³/mol. The quantitative estimate of drug-likeness (QED) is 0.0195. The molecular formula is C60H103NO8. The van der Waals surface area contributed by atoms with Crippen LogP contribution in [0.1, 0.15) is 219 Å². The fourth-order valence-corrected chi connectivity index (χ4v) is 7.36. The molecule has 0 saturated heterocycles. The van der Waals surface area contributed by atoms with Crippen LogP contribution in [-0.2, 0) is 33.3 Å². The van der Waals surface area contributed by atoms with Gasteiger partial charge in [0.15, 0.2) is 12.4 Å². The van der Waals surface area contributed by atoms with Gasteiger partial charge in [-0.25, -0.2) is 0 Å². The maximum atomic E-state index is 12.8. The van der Waals surface area contributed by atoms with Crippen LogP contribution in [0.2, 0.25) is 0 Å². The van der Waals surface area contributed by atoms with E-state index >= 15 is 0 Å². The minimum atomic E-state index is -1.63. The lowest BCUT2D eigenvalue weighted by atomic mass is 10.0. The van der Waals surface area contributed by atoms with E-state index in [4.69, 9.17) is 18.9 Å². The predicted octanol–water partition coefficient (Wildman–Crippen LogP) is 14.7. The molecule has 2 atom stereocenters. The second-order valence-corrected chi connectivity index (χ2v) is 19.5. The second kappa shape index (κ2) is 50.8. The normalized spacial score (nSPS) is 13.5. The zero-order valence-electron chi connectivity index (χ0n) is 44.9. The van der Waals surface area contributed by atoms with Crippen molar-refractivity contribution in [2.75, 3.05) is 47.5 Å². The summed E-state index contributed by atoms with van der Waals surface area (Å²) in [7, 11) is 5.91. The van der Waals surface area contributed by atoms with Crippen molar-refractivity contribution in [3.63, 3.8) is 0 Å². The number of unbranched alkanes of at least 4 members (excludes halogenated alkanes) is 21. The molecular weight excluding hydrogens is 863 g/mol. The van der Waals surface area contributed by atoms with Crippen LogP contribution in [0.5, 0.6) is 0 Å². The van der Waals surface area contributed by atoms with Crippen molar-refractivity contribution in [2.24, 2.45) is 0 Å². The summed E-state index contributed by atoms with van der Waals surface area (Å²) in [5, 5.41) is 11.8. The summed E-state index contributed by atoms with van der Waals surface area (Å²) in [6, 6.07) is 0. The first-order valence-electron chi connectivity index (χ1n) is 27.7. The number of carbonyl (C=O) groups excluding carboxylic acids is 3. The Bertz CT molecular complexity index is 1400. The topological polar surface area (TPSA) is 111 Å². The molecule has 0 aromatic rings. The largest absolute Gasteiger partial charge is 0.545 e. The van der Waals surface area contributed by atoms with Crippen molar-refractivity contribution in [2.45, 2.75) is 232 Å². The average Bonchev–Trinajstić information content (AvgIpc) is 3.31. The van der Waals surface area contributed by atoms with Crippen LogP contribution in [0.4, 0.5) is 0 Å². The Morgan fingerprint density at radius 2 is 0.826 bits per heavy atom. The number of carboxylic acids is 1. The van der Waals surface area contributed by atoms with E-state index in [-0.39, 0.29) is 38.6 Å². The third-order valence-corrected chi connectivity index (χ3v) is 11.6. The summed E-state index contributed by atoms with van der Waals surface area (Å²) in [6.07, 6.45) is 63.3. The number of carbonyl (C=O) groups is 3. The van der Waals surface area contributed by atoms with Crippen LogP contribution >= 0.6 is 0 Å². The highest BCUT2D eigenvalue weighted by Gasteiger charge is 2.22. The molecule has 9 heteroatoms. The first-order valence-corrected chi connectivity index (χ1v) is 27.7. The summed E-state index contributed by atoms with van der Waals surface area (Å²) >= 11 is 0. The van der Waals surface area contributed by atoms with Crippen molar-refractivity contribution in [1.29, 1.82) is 0 Å². The van der Waals surface area contributed by atoms with Gasteiger partial charge in [-0.1, -0.05) is 202 Å². The number of nitrogens with zero attached hydrogens (tertiary/aromatic N) is 1. The highest BCUT2D eigenvalue weighted by Crippen LogP contribution is 2.15. The Morgan fingerprint density at radius 1 is 0.449 bits per heavy atom. The molecule has 0 saturated carbocycles. The molecule has 69 heavy (non-hydrogen) atoms. The van der Waals surface area contributed by atoms with Crippen LogP contribution < -0.4 is 5.11 Å². The van der Waals surface area contributed by atoms with Gasteiger partial charge in [-0.2, -0.15) is 0 Å². The molecule has 396 valence electrons. The average molecular weight is 966 g/mol. The molecule has 0 bridgehead atoms. The van der Waals surface area contributed by atoms with Gasteiger partial charge in [0.05, 0.1) is 40.3 Å². The number of aliphatic carboxylic acids is 1. The minimum Gasteiger partial charge on any atom is -0.545 e. The van der Waals surface area contributed by atoms with Crippen molar-refractivity contribution in [3.8, 4) is 0 Å². The van der Waals surface area contributed by atoms with Crippen LogP contribution in [0.3, 0.4) is 0 Å². The van der Waals surface area contributed by atoms with Gasteiger partial charge < -0.3 is 33.3 Å². The number of allylic oxidation sites excluding steroid dienone is 14. The fourth-order valence-electron chi connectivity index (χ4n) is 7.36. The lowest BCUT2D eigenvalue weighted by Crippen LogP contribution is -2.44. The number of hydrogen-bond acceptors (Lipinski definition) is 8. The SMILES string of the molecule is CC/C=C\C/C=C\C/C=C\C/C=C\C/C=C\CCCCCCCC(=O)OC(COC(=O)CCCCCCCCCCCCC/C=C\C/C=C\CCCCCCC)COC(OCC[N+](C)(C)C)C(=O)[O-]. The number of quaternary nitrogens is 1. The van der Waals surface area contributed by atoms with Gasteiger partial charge >= 0.3 is 11.9 Å². The Balaban J connectivity index is 4.34. The molecule has 0 fully saturated rings. The number of carboxylic acid groups (broad SMARTS) is 1.